The molecule has 0 aliphatic carbocycles. The minimum absolute atomic E-state index is 0.00675. The van der Waals surface area contributed by atoms with Gasteiger partial charge < -0.3 is 0 Å². The lowest BCUT2D eigenvalue weighted by Gasteiger charge is -2.03. The van der Waals surface area contributed by atoms with Crippen molar-refractivity contribution in [1.29, 1.82) is 0 Å². The molecule has 0 amide bonds. The van der Waals surface area contributed by atoms with Gasteiger partial charge >= 0.3 is 0 Å². The van der Waals surface area contributed by atoms with Gasteiger partial charge in [0.05, 0.1) is 21.6 Å². The Morgan fingerprint density at radius 3 is 2.81 bits per heavy atom. The molecular weight excluding hydrogens is 335 g/mol. The summed E-state index contributed by atoms with van der Waals surface area (Å²) in [6, 6.07) is 3.84. The Morgan fingerprint density at radius 2 is 2.19 bits per heavy atom. The van der Waals surface area contributed by atoms with Crippen molar-refractivity contribution in [1.82, 2.24) is 9.78 Å². The fourth-order valence-corrected chi connectivity index (χ4v) is 2.88. The molecule has 0 aliphatic heterocycles. The molecule has 2 heterocycles. The topological polar surface area (TPSA) is 34.9 Å². The molecular formula is C9H5BrCl2N2OS. The van der Waals surface area contributed by atoms with Crippen LogP contribution in [0.2, 0.25) is 10.0 Å². The lowest BCUT2D eigenvalue weighted by Crippen LogP contribution is -2.23. The van der Waals surface area contributed by atoms with Gasteiger partial charge in [0.15, 0.2) is 0 Å². The van der Waals surface area contributed by atoms with Crippen LogP contribution in [0.25, 0.3) is 0 Å². The molecule has 0 bridgehead atoms. The first kappa shape index (κ1) is 12.1. The van der Waals surface area contributed by atoms with E-state index in [0.29, 0.717) is 6.54 Å². The molecule has 0 fully saturated rings. The molecule has 2 aromatic heterocycles. The van der Waals surface area contributed by atoms with Gasteiger partial charge in [-0.3, -0.25) is 4.79 Å². The van der Waals surface area contributed by atoms with Crippen molar-refractivity contribution in [2.45, 2.75) is 6.54 Å². The number of hydrogen-bond donors (Lipinski definition) is 0. The van der Waals surface area contributed by atoms with Crippen LogP contribution in [-0.4, -0.2) is 9.78 Å². The number of thiophene rings is 1. The number of halogens is 3. The fraction of sp³-hybridized carbons (Fsp3) is 0.111. The molecule has 2 aromatic rings. The van der Waals surface area contributed by atoms with Gasteiger partial charge in [-0.05, 0) is 28.1 Å². The van der Waals surface area contributed by atoms with Gasteiger partial charge in [-0.1, -0.05) is 23.2 Å². The molecule has 2 rings (SSSR count). The standard InChI is InChI=1S/C9H5BrCl2N2OS/c10-7-2-1-5(16-7)4-14-9(15)8(12)6(11)3-13-14/h1-3H,4H2. The Hall–Kier alpha value is -0.360. The molecule has 0 radical (unpaired) electrons. The number of nitrogens with zero attached hydrogens (tertiary/aromatic N) is 2. The van der Waals surface area contributed by atoms with Gasteiger partial charge in [-0.2, -0.15) is 5.10 Å². The van der Waals surface area contributed by atoms with Crippen molar-refractivity contribution in [3.63, 3.8) is 0 Å². The molecule has 0 N–H and O–H groups in total. The predicted molar refractivity (Wildman–Crippen MR) is 69.6 cm³/mol. The minimum Gasteiger partial charge on any atom is -0.266 e. The van der Waals surface area contributed by atoms with Crippen LogP contribution >= 0.6 is 50.5 Å². The van der Waals surface area contributed by atoms with E-state index in [4.69, 9.17) is 23.2 Å². The average molecular weight is 340 g/mol. The van der Waals surface area contributed by atoms with Crippen LogP contribution in [0, 0.1) is 0 Å². The average Bonchev–Trinajstić information content (AvgIpc) is 2.65. The highest BCUT2D eigenvalue weighted by Crippen LogP contribution is 2.22. The second-order valence-corrected chi connectivity index (χ2v) is 6.31. The maximum absolute atomic E-state index is 11.7. The third-order valence-corrected chi connectivity index (χ3v) is 4.23. The summed E-state index contributed by atoms with van der Waals surface area (Å²) in [5, 5.41) is 4.11. The van der Waals surface area contributed by atoms with Crippen molar-refractivity contribution < 1.29 is 0 Å². The van der Waals surface area contributed by atoms with E-state index in [1.165, 1.54) is 10.9 Å². The van der Waals surface area contributed by atoms with Crippen LogP contribution < -0.4 is 5.56 Å². The van der Waals surface area contributed by atoms with Gasteiger partial charge in [0.2, 0.25) is 0 Å². The number of aromatic nitrogens is 2. The Labute approximate surface area is 114 Å². The van der Waals surface area contributed by atoms with E-state index in [0.717, 1.165) is 8.66 Å². The summed E-state index contributed by atoms with van der Waals surface area (Å²) in [5.74, 6) is 0. The highest BCUT2D eigenvalue weighted by atomic mass is 79.9. The molecule has 0 atom stereocenters. The second kappa shape index (κ2) is 4.87. The highest BCUT2D eigenvalue weighted by molar-refractivity contribution is 9.11. The van der Waals surface area contributed by atoms with Crippen LogP contribution in [0.5, 0.6) is 0 Å². The van der Waals surface area contributed by atoms with Crippen LogP contribution in [0.1, 0.15) is 4.88 Å². The van der Waals surface area contributed by atoms with Crippen molar-refractivity contribution >= 4 is 50.5 Å². The van der Waals surface area contributed by atoms with E-state index in [1.54, 1.807) is 11.3 Å². The van der Waals surface area contributed by atoms with Crippen LogP contribution in [0.15, 0.2) is 26.9 Å². The van der Waals surface area contributed by atoms with Gasteiger partial charge in [0.1, 0.15) is 5.02 Å². The Kier molecular flexibility index (Phi) is 3.69. The first-order chi connectivity index (χ1) is 7.58. The normalized spacial score (nSPS) is 10.7. The van der Waals surface area contributed by atoms with Crippen molar-refractivity contribution in [2.75, 3.05) is 0 Å². The number of hydrogen-bond acceptors (Lipinski definition) is 3. The molecule has 7 heteroatoms. The Balaban J connectivity index is 2.36. The molecule has 0 unspecified atom stereocenters. The van der Waals surface area contributed by atoms with E-state index in [1.807, 2.05) is 12.1 Å². The molecule has 3 nitrogen and oxygen atoms in total. The zero-order valence-electron chi connectivity index (χ0n) is 7.78. The lowest BCUT2D eigenvalue weighted by atomic mass is 10.4. The largest absolute Gasteiger partial charge is 0.287 e. The predicted octanol–water partition coefficient (Wildman–Crippen LogP) is 3.42. The molecule has 0 saturated heterocycles. The Bertz CT molecular complexity index is 581. The van der Waals surface area contributed by atoms with Gasteiger partial charge in [-0.15, -0.1) is 11.3 Å². The fourth-order valence-electron chi connectivity index (χ4n) is 1.14. The summed E-state index contributed by atoms with van der Waals surface area (Å²) < 4.78 is 2.29. The van der Waals surface area contributed by atoms with Crippen LogP contribution in [0.3, 0.4) is 0 Å². The quantitative estimate of drug-likeness (QED) is 0.840. The molecule has 0 saturated carbocycles. The maximum atomic E-state index is 11.7. The minimum atomic E-state index is -0.376. The Morgan fingerprint density at radius 1 is 1.44 bits per heavy atom. The van der Waals surface area contributed by atoms with Gasteiger partial charge in [0, 0.05) is 4.88 Å². The zero-order valence-corrected chi connectivity index (χ0v) is 11.7. The zero-order chi connectivity index (χ0) is 11.7. The summed E-state index contributed by atoms with van der Waals surface area (Å²) in [7, 11) is 0. The summed E-state index contributed by atoms with van der Waals surface area (Å²) in [4.78, 5) is 12.7. The van der Waals surface area contributed by atoms with E-state index >= 15 is 0 Å². The van der Waals surface area contributed by atoms with E-state index in [9.17, 15) is 4.79 Å². The van der Waals surface area contributed by atoms with Crippen molar-refractivity contribution in [2.24, 2.45) is 0 Å². The van der Waals surface area contributed by atoms with E-state index < -0.39 is 0 Å². The summed E-state index contributed by atoms with van der Waals surface area (Å²) in [5.41, 5.74) is -0.376. The van der Waals surface area contributed by atoms with Gasteiger partial charge in [0.25, 0.3) is 5.56 Å². The van der Waals surface area contributed by atoms with Crippen molar-refractivity contribution in [3.8, 4) is 0 Å². The summed E-state index contributed by atoms with van der Waals surface area (Å²) >= 11 is 16.3. The third-order valence-electron chi connectivity index (χ3n) is 1.88. The summed E-state index contributed by atoms with van der Waals surface area (Å²) in [6.45, 7) is 0.395. The molecule has 0 aliphatic rings. The third kappa shape index (κ3) is 2.48. The maximum Gasteiger partial charge on any atom is 0.287 e. The molecule has 0 aromatic carbocycles. The van der Waals surface area contributed by atoms with Crippen LogP contribution in [0.4, 0.5) is 0 Å². The SMILES string of the molecule is O=c1c(Cl)c(Cl)cnn1Cc1ccc(Br)s1. The summed E-state index contributed by atoms with van der Waals surface area (Å²) in [6.07, 6.45) is 1.37. The second-order valence-electron chi connectivity index (χ2n) is 2.98. The molecule has 84 valence electrons. The lowest BCUT2D eigenvalue weighted by molar-refractivity contribution is 0.645. The van der Waals surface area contributed by atoms with Gasteiger partial charge in [-0.25, -0.2) is 4.68 Å². The van der Waals surface area contributed by atoms with E-state index in [2.05, 4.69) is 21.0 Å². The monoisotopic (exact) mass is 338 g/mol. The van der Waals surface area contributed by atoms with E-state index in [-0.39, 0.29) is 15.6 Å². The molecule has 0 spiro atoms. The first-order valence-electron chi connectivity index (χ1n) is 4.23. The highest BCUT2D eigenvalue weighted by Gasteiger charge is 2.08. The molecule has 16 heavy (non-hydrogen) atoms. The van der Waals surface area contributed by atoms with Crippen LogP contribution in [-0.2, 0) is 6.54 Å². The first-order valence-corrected chi connectivity index (χ1v) is 6.60. The smallest absolute Gasteiger partial charge is 0.266 e. The number of rotatable bonds is 2. The van der Waals surface area contributed by atoms with Crippen molar-refractivity contribution in [3.05, 3.63) is 47.4 Å².